The van der Waals surface area contributed by atoms with Crippen LogP contribution in [0.3, 0.4) is 0 Å². The van der Waals surface area contributed by atoms with Crippen LogP contribution < -0.4 is 5.73 Å². The molecule has 0 fully saturated rings. The van der Waals surface area contributed by atoms with E-state index in [1.165, 1.54) is 12.1 Å². The first kappa shape index (κ1) is 11.0. The summed E-state index contributed by atoms with van der Waals surface area (Å²) in [4.78, 5) is 10.5. The summed E-state index contributed by atoms with van der Waals surface area (Å²) in [5.74, 6) is 0.619. The second kappa shape index (κ2) is 4.27. The molecule has 4 N–H and O–H groups in total. The van der Waals surface area contributed by atoms with E-state index in [1.807, 2.05) is 6.20 Å². The van der Waals surface area contributed by atoms with Crippen molar-refractivity contribution in [2.24, 2.45) is 5.73 Å². The number of hydrogen-bond donors (Lipinski definition) is 3. The molecule has 0 aliphatic rings. The van der Waals surface area contributed by atoms with Gasteiger partial charge in [-0.05, 0) is 24.7 Å². The van der Waals surface area contributed by atoms with Gasteiger partial charge in [0, 0.05) is 29.1 Å². The van der Waals surface area contributed by atoms with Crippen molar-refractivity contribution in [3.05, 3.63) is 42.2 Å². The standard InChI is InChI=1S/C13H13FN4/c14-8-1-2-9-10(6-16-11(9)5-8)12-7-17-13(18-12)3-4-15/h1-2,5-7,16H,3-4,15H2,(H,17,18). The lowest BCUT2D eigenvalue weighted by atomic mass is 10.1. The third-order valence-corrected chi connectivity index (χ3v) is 2.94. The van der Waals surface area contributed by atoms with Crippen molar-refractivity contribution in [2.75, 3.05) is 6.54 Å². The third kappa shape index (κ3) is 1.78. The van der Waals surface area contributed by atoms with Gasteiger partial charge in [-0.1, -0.05) is 0 Å². The lowest BCUT2D eigenvalue weighted by molar-refractivity contribution is 0.629. The average Bonchev–Trinajstić information content (AvgIpc) is 2.95. The van der Waals surface area contributed by atoms with Crippen LogP contribution in [-0.4, -0.2) is 21.5 Å². The third-order valence-electron chi connectivity index (χ3n) is 2.94. The Bertz CT molecular complexity index is 683. The molecular formula is C13H13FN4. The number of aromatic nitrogens is 3. The minimum atomic E-state index is -0.246. The van der Waals surface area contributed by atoms with E-state index in [1.54, 1.807) is 12.3 Å². The first-order valence-corrected chi connectivity index (χ1v) is 5.79. The fourth-order valence-electron chi connectivity index (χ4n) is 2.08. The smallest absolute Gasteiger partial charge is 0.125 e. The number of halogens is 1. The Morgan fingerprint density at radius 1 is 1.33 bits per heavy atom. The summed E-state index contributed by atoms with van der Waals surface area (Å²) >= 11 is 0. The Labute approximate surface area is 103 Å². The van der Waals surface area contributed by atoms with E-state index in [0.29, 0.717) is 6.54 Å². The largest absolute Gasteiger partial charge is 0.360 e. The van der Waals surface area contributed by atoms with Gasteiger partial charge in [-0.25, -0.2) is 9.37 Å². The molecule has 0 unspecified atom stereocenters. The molecule has 3 rings (SSSR count). The first-order chi connectivity index (χ1) is 8.78. The molecule has 0 radical (unpaired) electrons. The van der Waals surface area contributed by atoms with Gasteiger partial charge in [0.2, 0.25) is 0 Å². The topological polar surface area (TPSA) is 70.5 Å². The van der Waals surface area contributed by atoms with E-state index in [0.717, 1.165) is 34.4 Å². The minimum absolute atomic E-state index is 0.246. The van der Waals surface area contributed by atoms with E-state index in [9.17, 15) is 4.39 Å². The maximum atomic E-state index is 13.1. The van der Waals surface area contributed by atoms with E-state index in [-0.39, 0.29) is 5.82 Å². The molecule has 5 heteroatoms. The molecule has 0 saturated carbocycles. The molecule has 0 aliphatic heterocycles. The van der Waals surface area contributed by atoms with E-state index in [4.69, 9.17) is 5.73 Å². The lowest BCUT2D eigenvalue weighted by Gasteiger charge is -1.96. The number of H-pyrrole nitrogens is 2. The minimum Gasteiger partial charge on any atom is -0.360 e. The maximum absolute atomic E-state index is 13.1. The molecule has 2 aromatic heterocycles. The number of aromatic amines is 2. The zero-order chi connectivity index (χ0) is 12.5. The summed E-state index contributed by atoms with van der Waals surface area (Å²) in [5.41, 5.74) is 8.17. The Balaban J connectivity index is 2.07. The van der Waals surface area contributed by atoms with Crippen LogP contribution in [-0.2, 0) is 6.42 Å². The van der Waals surface area contributed by atoms with Gasteiger partial charge < -0.3 is 15.7 Å². The normalized spacial score (nSPS) is 11.2. The Morgan fingerprint density at radius 3 is 3.06 bits per heavy atom. The van der Waals surface area contributed by atoms with Gasteiger partial charge in [0.1, 0.15) is 11.6 Å². The van der Waals surface area contributed by atoms with E-state index < -0.39 is 0 Å². The zero-order valence-corrected chi connectivity index (χ0v) is 9.70. The van der Waals surface area contributed by atoms with Crippen molar-refractivity contribution >= 4 is 10.9 Å². The van der Waals surface area contributed by atoms with Crippen molar-refractivity contribution in [3.8, 4) is 11.3 Å². The van der Waals surface area contributed by atoms with Gasteiger partial charge in [0.05, 0.1) is 11.9 Å². The molecule has 18 heavy (non-hydrogen) atoms. The molecule has 4 nitrogen and oxygen atoms in total. The fourth-order valence-corrected chi connectivity index (χ4v) is 2.08. The molecule has 2 heterocycles. The number of fused-ring (bicyclic) bond motifs is 1. The Kier molecular flexibility index (Phi) is 2.60. The van der Waals surface area contributed by atoms with Crippen LogP contribution in [0.4, 0.5) is 4.39 Å². The van der Waals surface area contributed by atoms with E-state index in [2.05, 4.69) is 15.0 Å². The van der Waals surface area contributed by atoms with Crippen molar-refractivity contribution in [3.63, 3.8) is 0 Å². The van der Waals surface area contributed by atoms with E-state index >= 15 is 0 Å². The highest BCUT2D eigenvalue weighted by atomic mass is 19.1. The van der Waals surface area contributed by atoms with Crippen LogP contribution in [0.2, 0.25) is 0 Å². The molecule has 0 spiro atoms. The van der Waals surface area contributed by atoms with Crippen LogP contribution in [0, 0.1) is 5.82 Å². The van der Waals surface area contributed by atoms with Crippen molar-refractivity contribution in [2.45, 2.75) is 6.42 Å². The number of nitrogens with zero attached hydrogens (tertiary/aromatic N) is 1. The van der Waals surface area contributed by atoms with Crippen LogP contribution in [0.25, 0.3) is 22.2 Å². The monoisotopic (exact) mass is 244 g/mol. The molecule has 0 saturated heterocycles. The van der Waals surface area contributed by atoms with Crippen molar-refractivity contribution in [1.29, 1.82) is 0 Å². The van der Waals surface area contributed by atoms with Crippen LogP contribution in [0.1, 0.15) is 5.82 Å². The number of hydrogen-bond acceptors (Lipinski definition) is 2. The van der Waals surface area contributed by atoms with Gasteiger partial charge in [-0.2, -0.15) is 0 Å². The number of rotatable bonds is 3. The van der Waals surface area contributed by atoms with Crippen LogP contribution in [0.5, 0.6) is 0 Å². The molecular weight excluding hydrogens is 231 g/mol. The number of nitrogens with two attached hydrogens (primary N) is 1. The Hall–Kier alpha value is -2.14. The summed E-state index contributed by atoms with van der Waals surface area (Å²) in [7, 11) is 0. The SMILES string of the molecule is NCCc1ncc(-c2c[nH]c3cc(F)ccc23)[nH]1. The van der Waals surface area contributed by atoms with Crippen molar-refractivity contribution in [1.82, 2.24) is 15.0 Å². The Morgan fingerprint density at radius 2 is 2.22 bits per heavy atom. The maximum Gasteiger partial charge on any atom is 0.125 e. The van der Waals surface area contributed by atoms with Crippen LogP contribution >= 0.6 is 0 Å². The first-order valence-electron chi connectivity index (χ1n) is 5.79. The quantitative estimate of drug-likeness (QED) is 0.661. The summed E-state index contributed by atoms with van der Waals surface area (Å²) in [5, 5.41) is 0.972. The zero-order valence-electron chi connectivity index (χ0n) is 9.70. The predicted octanol–water partition coefficient (Wildman–Crippen LogP) is 2.20. The fraction of sp³-hybridized carbons (Fsp3) is 0.154. The van der Waals surface area contributed by atoms with Gasteiger partial charge in [0.15, 0.2) is 0 Å². The van der Waals surface area contributed by atoms with Crippen molar-refractivity contribution < 1.29 is 4.39 Å². The molecule has 0 atom stereocenters. The molecule has 0 aliphatic carbocycles. The summed E-state index contributed by atoms with van der Waals surface area (Å²) < 4.78 is 13.1. The van der Waals surface area contributed by atoms with Gasteiger partial charge in [-0.15, -0.1) is 0 Å². The number of imidazole rings is 1. The molecule has 1 aromatic carbocycles. The molecule has 3 aromatic rings. The molecule has 0 amide bonds. The molecule has 0 bridgehead atoms. The molecule has 92 valence electrons. The van der Waals surface area contributed by atoms with Gasteiger partial charge in [-0.3, -0.25) is 0 Å². The number of benzene rings is 1. The lowest BCUT2D eigenvalue weighted by Crippen LogP contribution is -2.03. The number of nitrogens with one attached hydrogen (secondary N) is 2. The van der Waals surface area contributed by atoms with Gasteiger partial charge >= 0.3 is 0 Å². The summed E-state index contributed by atoms with van der Waals surface area (Å²) in [6.45, 7) is 0.562. The highest BCUT2D eigenvalue weighted by Crippen LogP contribution is 2.27. The second-order valence-electron chi connectivity index (χ2n) is 4.17. The highest BCUT2D eigenvalue weighted by Gasteiger charge is 2.09. The summed E-state index contributed by atoms with van der Waals surface area (Å²) in [6, 6.07) is 4.70. The highest BCUT2D eigenvalue weighted by molar-refractivity contribution is 5.94. The summed E-state index contributed by atoms with van der Waals surface area (Å²) in [6.07, 6.45) is 4.35. The van der Waals surface area contributed by atoms with Crippen LogP contribution in [0.15, 0.2) is 30.6 Å². The average molecular weight is 244 g/mol. The second-order valence-corrected chi connectivity index (χ2v) is 4.17. The van der Waals surface area contributed by atoms with Gasteiger partial charge in [0.25, 0.3) is 0 Å². The predicted molar refractivity (Wildman–Crippen MR) is 68.6 cm³/mol.